The van der Waals surface area contributed by atoms with Gasteiger partial charge in [-0.15, -0.1) is 6.58 Å². The molecule has 1 rings (SSSR count). The molecule has 14 heavy (non-hydrogen) atoms. The SMILES string of the molecule is C=CC(C)COC(=O)N1CCCCC1. The third kappa shape index (κ3) is 3.40. The molecule has 80 valence electrons. The molecular weight excluding hydrogens is 178 g/mol. The Morgan fingerprint density at radius 2 is 2.14 bits per heavy atom. The molecule has 0 aromatic heterocycles. The predicted octanol–water partition coefficient (Wildman–Crippen LogP) is 2.43. The minimum atomic E-state index is -0.168. The molecule has 0 saturated carbocycles. The molecule has 0 aromatic carbocycles. The van der Waals surface area contributed by atoms with Crippen LogP contribution in [0.4, 0.5) is 4.79 Å². The van der Waals surface area contributed by atoms with Crippen molar-refractivity contribution in [3.8, 4) is 0 Å². The molecule has 0 bridgehead atoms. The van der Waals surface area contributed by atoms with Gasteiger partial charge in [0.1, 0.15) is 0 Å². The van der Waals surface area contributed by atoms with Crippen LogP contribution in [0.3, 0.4) is 0 Å². The Morgan fingerprint density at radius 1 is 1.50 bits per heavy atom. The van der Waals surface area contributed by atoms with Crippen LogP contribution in [0.15, 0.2) is 12.7 Å². The van der Waals surface area contributed by atoms with Gasteiger partial charge < -0.3 is 9.64 Å². The van der Waals surface area contributed by atoms with E-state index < -0.39 is 0 Å². The number of likely N-dealkylation sites (tertiary alicyclic amines) is 1. The first-order valence-corrected chi connectivity index (χ1v) is 5.28. The predicted molar refractivity (Wildman–Crippen MR) is 56.1 cm³/mol. The molecule has 0 spiro atoms. The summed E-state index contributed by atoms with van der Waals surface area (Å²) in [6.45, 7) is 7.77. The summed E-state index contributed by atoms with van der Waals surface area (Å²) in [6, 6.07) is 0. The Bertz CT molecular complexity index is 197. The summed E-state index contributed by atoms with van der Waals surface area (Å²) < 4.78 is 5.15. The van der Waals surface area contributed by atoms with Crippen LogP contribution in [-0.4, -0.2) is 30.7 Å². The van der Waals surface area contributed by atoms with Crippen molar-refractivity contribution >= 4 is 6.09 Å². The molecule has 1 heterocycles. The van der Waals surface area contributed by atoms with Gasteiger partial charge >= 0.3 is 6.09 Å². The van der Waals surface area contributed by atoms with Gasteiger partial charge in [-0.25, -0.2) is 4.79 Å². The first kappa shape index (κ1) is 11.1. The first-order valence-electron chi connectivity index (χ1n) is 5.28. The Balaban J connectivity index is 2.22. The van der Waals surface area contributed by atoms with Crippen LogP contribution in [0.25, 0.3) is 0 Å². The number of piperidine rings is 1. The highest BCUT2D eigenvalue weighted by Crippen LogP contribution is 2.10. The van der Waals surface area contributed by atoms with Crippen molar-refractivity contribution in [2.75, 3.05) is 19.7 Å². The van der Waals surface area contributed by atoms with E-state index in [0.717, 1.165) is 25.9 Å². The van der Waals surface area contributed by atoms with E-state index in [-0.39, 0.29) is 12.0 Å². The molecule has 0 N–H and O–H groups in total. The van der Waals surface area contributed by atoms with Gasteiger partial charge in [0.05, 0.1) is 6.61 Å². The monoisotopic (exact) mass is 197 g/mol. The summed E-state index contributed by atoms with van der Waals surface area (Å²) >= 11 is 0. The number of carbonyl (C=O) groups excluding carboxylic acids is 1. The molecule has 1 unspecified atom stereocenters. The standard InChI is InChI=1S/C11H19NO2/c1-3-10(2)9-14-11(13)12-7-5-4-6-8-12/h3,10H,1,4-9H2,2H3. The van der Waals surface area contributed by atoms with E-state index in [9.17, 15) is 4.79 Å². The van der Waals surface area contributed by atoms with Gasteiger partial charge in [-0.1, -0.05) is 13.0 Å². The summed E-state index contributed by atoms with van der Waals surface area (Å²) in [6.07, 6.45) is 5.06. The second kappa shape index (κ2) is 5.68. The molecule has 1 amide bonds. The quantitative estimate of drug-likeness (QED) is 0.650. The normalized spacial score (nSPS) is 18.8. The summed E-state index contributed by atoms with van der Waals surface area (Å²) in [7, 11) is 0. The molecule has 1 aliphatic rings. The number of carbonyl (C=O) groups is 1. The number of hydrogen-bond acceptors (Lipinski definition) is 2. The number of ether oxygens (including phenoxy) is 1. The van der Waals surface area contributed by atoms with Crippen LogP contribution in [0, 0.1) is 5.92 Å². The fourth-order valence-corrected chi connectivity index (χ4v) is 1.44. The van der Waals surface area contributed by atoms with Crippen molar-refractivity contribution in [3.63, 3.8) is 0 Å². The van der Waals surface area contributed by atoms with E-state index in [0.29, 0.717) is 6.61 Å². The molecule has 1 atom stereocenters. The van der Waals surface area contributed by atoms with E-state index >= 15 is 0 Å². The molecule has 0 aliphatic carbocycles. The Kier molecular flexibility index (Phi) is 4.50. The summed E-state index contributed by atoms with van der Waals surface area (Å²) in [5, 5.41) is 0. The van der Waals surface area contributed by atoms with Crippen molar-refractivity contribution in [3.05, 3.63) is 12.7 Å². The summed E-state index contributed by atoms with van der Waals surface area (Å²) in [5.41, 5.74) is 0. The number of amides is 1. The van der Waals surface area contributed by atoms with Gasteiger partial charge in [-0.3, -0.25) is 0 Å². The smallest absolute Gasteiger partial charge is 0.409 e. The zero-order valence-corrected chi connectivity index (χ0v) is 8.87. The van der Waals surface area contributed by atoms with E-state index in [1.54, 1.807) is 11.0 Å². The molecule has 1 fully saturated rings. The van der Waals surface area contributed by atoms with E-state index in [1.807, 2.05) is 6.92 Å². The van der Waals surface area contributed by atoms with Crippen LogP contribution in [0.1, 0.15) is 26.2 Å². The Morgan fingerprint density at radius 3 is 2.71 bits per heavy atom. The third-order valence-corrected chi connectivity index (χ3v) is 2.49. The molecule has 3 nitrogen and oxygen atoms in total. The second-order valence-electron chi connectivity index (χ2n) is 3.84. The third-order valence-electron chi connectivity index (χ3n) is 2.49. The molecule has 1 aliphatic heterocycles. The van der Waals surface area contributed by atoms with E-state index in [4.69, 9.17) is 4.74 Å². The number of hydrogen-bond donors (Lipinski definition) is 0. The molecule has 3 heteroatoms. The Hall–Kier alpha value is -0.990. The van der Waals surface area contributed by atoms with Crippen molar-refractivity contribution in [1.82, 2.24) is 4.90 Å². The van der Waals surface area contributed by atoms with Crippen LogP contribution in [0.2, 0.25) is 0 Å². The minimum Gasteiger partial charge on any atom is -0.449 e. The van der Waals surface area contributed by atoms with E-state index in [2.05, 4.69) is 6.58 Å². The van der Waals surface area contributed by atoms with Crippen molar-refractivity contribution in [1.29, 1.82) is 0 Å². The Labute approximate surface area is 85.7 Å². The van der Waals surface area contributed by atoms with Gasteiger partial charge in [0.25, 0.3) is 0 Å². The van der Waals surface area contributed by atoms with Crippen molar-refractivity contribution < 1.29 is 9.53 Å². The van der Waals surface area contributed by atoms with Crippen molar-refractivity contribution in [2.45, 2.75) is 26.2 Å². The maximum atomic E-state index is 11.5. The topological polar surface area (TPSA) is 29.5 Å². The molecule has 0 aromatic rings. The molecule has 0 radical (unpaired) electrons. The minimum absolute atomic E-state index is 0.168. The van der Waals surface area contributed by atoms with Crippen molar-refractivity contribution in [2.24, 2.45) is 5.92 Å². The van der Waals surface area contributed by atoms with Crippen LogP contribution < -0.4 is 0 Å². The highest BCUT2D eigenvalue weighted by Gasteiger charge is 2.17. The lowest BCUT2D eigenvalue weighted by Gasteiger charge is -2.26. The average molecular weight is 197 g/mol. The van der Waals surface area contributed by atoms with E-state index in [1.165, 1.54) is 6.42 Å². The number of nitrogens with zero attached hydrogens (tertiary/aromatic N) is 1. The molecular formula is C11H19NO2. The van der Waals surface area contributed by atoms with Gasteiger partial charge in [0, 0.05) is 19.0 Å². The van der Waals surface area contributed by atoms with Crippen LogP contribution in [-0.2, 0) is 4.74 Å². The highest BCUT2D eigenvalue weighted by atomic mass is 16.6. The highest BCUT2D eigenvalue weighted by molar-refractivity contribution is 5.67. The largest absolute Gasteiger partial charge is 0.449 e. The second-order valence-corrected chi connectivity index (χ2v) is 3.84. The number of rotatable bonds is 3. The fourth-order valence-electron chi connectivity index (χ4n) is 1.44. The average Bonchev–Trinajstić information content (AvgIpc) is 2.26. The lowest BCUT2D eigenvalue weighted by atomic mass is 10.1. The first-order chi connectivity index (χ1) is 6.74. The zero-order valence-electron chi connectivity index (χ0n) is 8.87. The van der Waals surface area contributed by atoms with Gasteiger partial charge in [-0.05, 0) is 19.3 Å². The van der Waals surface area contributed by atoms with Gasteiger partial charge in [0.2, 0.25) is 0 Å². The van der Waals surface area contributed by atoms with Crippen LogP contribution >= 0.6 is 0 Å². The lowest BCUT2D eigenvalue weighted by molar-refractivity contribution is 0.0886. The summed E-state index contributed by atoms with van der Waals surface area (Å²) in [4.78, 5) is 13.3. The molecule has 1 saturated heterocycles. The van der Waals surface area contributed by atoms with Crippen LogP contribution in [0.5, 0.6) is 0 Å². The fraction of sp³-hybridized carbons (Fsp3) is 0.727. The van der Waals surface area contributed by atoms with Gasteiger partial charge in [0.15, 0.2) is 0 Å². The zero-order chi connectivity index (χ0) is 10.4. The maximum Gasteiger partial charge on any atom is 0.409 e. The van der Waals surface area contributed by atoms with Gasteiger partial charge in [-0.2, -0.15) is 0 Å². The lowest BCUT2D eigenvalue weighted by Crippen LogP contribution is -2.36. The summed E-state index contributed by atoms with van der Waals surface area (Å²) in [5.74, 6) is 0.240. The maximum absolute atomic E-state index is 11.5.